The molecule has 0 heterocycles. The van der Waals surface area contributed by atoms with E-state index in [2.05, 4.69) is 26.5 Å². The van der Waals surface area contributed by atoms with Gasteiger partial charge >= 0.3 is 0 Å². The predicted octanol–water partition coefficient (Wildman–Crippen LogP) is 3.88. The third-order valence-corrected chi connectivity index (χ3v) is 4.29. The number of quaternary nitrogens is 1. The minimum atomic E-state index is 0.742. The third kappa shape index (κ3) is 11.7. The van der Waals surface area contributed by atoms with Crippen LogP contribution in [-0.4, -0.2) is 49.9 Å². The molecule has 0 aliphatic carbocycles. The summed E-state index contributed by atoms with van der Waals surface area (Å²) in [5, 5.41) is 0.742. The van der Waals surface area contributed by atoms with Crippen molar-refractivity contribution in [1.29, 1.82) is 0 Å². The van der Waals surface area contributed by atoms with Gasteiger partial charge in [-0.15, -0.1) is 0 Å². The second-order valence-electron chi connectivity index (χ2n) is 4.85. The highest BCUT2D eigenvalue weighted by Crippen LogP contribution is 2.09. The average Bonchev–Trinajstić information content (AvgIpc) is 2.62. The van der Waals surface area contributed by atoms with E-state index in [1.165, 1.54) is 37.7 Å². The van der Waals surface area contributed by atoms with E-state index in [1.54, 1.807) is 7.11 Å². The van der Waals surface area contributed by atoms with Gasteiger partial charge in [0.05, 0.1) is 33.3 Å². The van der Waals surface area contributed by atoms with E-state index in [0.717, 1.165) is 17.9 Å². The molecule has 128 valence electrons. The van der Waals surface area contributed by atoms with E-state index < -0.39 is 0 Å². The molecule has 1 aromatic carbocycles. The van der Waals surface area contributed by atoms with Crippen molar-refractivity contribution in [3.63, 3.8) is 0 Å². The van der Waals surface area contributed by atoms with Crippen molar-refractivity contribution in [3.8, 4) is 0 Å². The Morgan fingerprint density at radius 1 is 0.909 bits per heavy atom. The van der Waals surface area contributed by atoms with Gasteiger partial charge in [-0.2, -0.15) is 0 Å². The summed E-state index contributed by atoms with van der Waals surface area (Å²) in [7, 11) is 3.16. The number of benzene rings is 1. The Morgan fingerprint density at radius 3 is 1.55 bits per heavy atom. The smallest absolute Gasteiger partial charge is 0.159 e. The molecular formula is C18H35N2OS+. The number of rotatable bonds is 7. The number of ether oxygens (including phenoxy) is 1. The number of hydrogen-bond acceptors (Lipinski definition) is 3. The molecule has 0 saturated heterocycles. The topological polar surface area (TPSA) is 35.2 Å². The summed E-state index contributed by atoms with van der Waals surface area (Å²) in [4.78, 5) is 0. The lowest BCUT2D eigenvalue weighted by atomic mass is 10.2. The Bertz CT molecular complexity index is 305. The molecule has 0 atom stereocenters. The lowest BCUT2D eigenvalue weighted by molar-refractivity contribution is -0.923. The molecule has 0 amide bonds. The van der Waals surface area contributed by atoms with E-state index >= 15 is 0 Å². The summed E-state index contributed by atoms with van der Waals surface area (Å²) in [6.07, 6.45) is 2.06. The lowest BCUT2D eigenvalue weighted by Gasteiger charge is -2.35. The molecule has 1 rings (SSSR count). The van der Waals surface area contributed by atoms with E-state index in [1.807, 2.05) is 36.4 Å². The monoisotopic (exact) mass is 327 g/mol. The normalized spacial score (nSPS) is 9.73. The SMILES string of the molecule is CC[N+](CC)(CC)CCCC(=S)OC.CN.c1ccccc1. The van der Waals surface area contributed by atoms with Crippen LogP contribution in [0, 0.1) is 0 Å². The summed E-state index contributed by atoms with van der Waals surface area (Å²) in [5.74, 6) is 0. The number of nitrogens with zero attached hydrogens (tertiary/aromatic N) is 1. The summed E-state index contributed by atoms with van der Waals surface area (Å²) >= 11 is 5.02. The first-order valence-electron chi connectivity index (χ1n) is 8.13. The number of methoxy groups -OCH3 is 1. The fourth-order valence-corrected chi connectivity index (χ4v) is 2.34. The van der Waals surface area contributed by atoms with Crippen LogP contribution in [0.1, 0.15) is 33.6 Å². The van der Waals surface area contributed by atoms with E-state index in [0.29, 0.717) is 0 Å². The second-order valence-corrected chi connectivity index (χ2v) is 5.30. The van der Waals surface area contributed by atoms with Crippen LogP contribution in [-0.2, 0) is 4.74 Å². The highest BCUT2D eigenvalue weighted by atomic mass is 32.1. The first kappa shape index (κ1) is 23.3. The van der Waals surface area contributed by atoms with Crippen molar-refractivity contribution in [1.82, 2.24) is 0 Å². The van der Waals surface area contributed by atoms with Gasteiger partial charge in [0.1, 0.15) is 0 Å². The zero-order valence-corrected chi connectivity index (χ0v) is 15.9. The van der Waals surface area contributed by atoms with Gasteiger partial charge in [-0.3, -0.25) is 0 Å². The van der Waals surface area contributed by atoms with Crippen LogP contribution in [0.25, 0.3) is 0 Å². The van der Waals surface area contributed by atoms with Crippen LogP contribution in [0.2, 0.25) is 0 Å². The molecule has 0 spiro atoms. The molecule has 2 N–H and O–H groups in total. The zero-order valence-electron chi connectivity index (χ0n) is 15.0. The maximum atomic E-state index is 5.02. The average molecular weight is 328 g/mol. The van der Waals surface area contributed by atoms with E-state index in [-0.39, 0.29) is 0 Å². The first-order valence-corrected chi connectivity index (χ1v) is 8.54. The minimum absolute atomic E-state index is 0.742. The molecule has 0 aliphatic heterocycles. The van der Waals surface area contributed by atoms with Gasteiger partial charge in [0.25, 0.3) is 0 Å². The van der Waals surface area contributed by atoms with Gasteiger partial charge < -0.3 is 15.0 Å². The van der Waals surface area contributed by atoms with Gasteiger partial charge in [-0.25, -0.2) is 0 Å². The van der Waals surface area contributed by atoms with Crippen molar-refractivity contribution in [3.05, 3.63) is 36.4 Å². The molecule has 0 aromatic heterocycles. The van der Waals surface area contributed by atoms with Crippen LogP contribution in [0.5, 0.6) is 0 Å². The molecule has 0 fully saturated rings. The van der Waals surface area contributed by atoms with Crippen LogP contribution in [0.15, 0.2) is 36.4 Å². The Balaban J connectivity index is 0. The maximum absolute atomic E-state index is 5.02. The van der Waals surface area contributed by atoms with Crippen molar-refractivity contribution >= 4 is 17.3 Å². The molecule has 0 bridgehead atoms. The van der Waals surface area contributed by atoms with E-state index in [9.17, 15) is 0 Å². The Labute approximate surface area is 143 Å². The van der Waals surface area contributed by atoms with Gasteiger partial charge in [0.2, 0.25) is 0 Å². The fraction of sp³-hybridized carbons (Fsp3) is 0.611. The van der Waals surface area contributed by atoms with Gasteiger partial charge in [-0.1, -0.05) is 36.4 Å². The molecule has 1 aromatic rings. The Morgan fingerprint density at radius 2 is 1.27 bits per heavy atom. The zero-order chi connectivity index (χ0) is 17.3. The second kappa shape index (κ2) is 16.4. The molecule has 4 heteroatoms. The van der Waals surface area contributed by atoms with Crippen LogP contribution in [0.3, 0.4) is 0 Å². The van der Waals surface area contributed by atoms with Gasteiger partial charge in [0, 0.05) is 12.8 Å². The Kier molecular flexibility index (Phi) is 17.4. The molecule has 0 unspecified atom stereocenters. The van der Waals surface area contributed by atoms with Gasteiger partial charge in [0.15, 0.2) is 5.05 Å². The summed E-state index contributed by atoms with van der Waals surface area (Å²) in [6, 6.07) is 12.0. The fourth-order valence-electron chi connectivity index (χ4n) is 2.19. The third-order valence-electron chi connectivity index (χ3n) is 3.92. The lowest BCUT2D eigenvalue weighted by Crippen LogP contribution is -2.48. The minimum Gasteiger partial charge on any atom is -0.490 e. The summed E-state index contributed by atoms with van der Waals surface area (Å²) in [5.41, 5.74) is 4.50. The highest BCUT2D eigenvalue weighted by molar-refractivity contribution is 7.80. The number of thiocarbonyl (C=S) groups is 1. The Hall–Kier alpha value is -0.970. The van der Waals surface area contributed by atoms with Gasteiger partial charge in [-0.05, 0) is 40.0 Å². The van der Waals surface area contributed by atoms with Crippen molar-refractivity contribution < 1.29 is 9.22 Å². The largest absolute Gasteiger partial charge is 0.490 e. The molecule has 0 aliphatic rings. The summed E-state index contributed by atoms with van der Waals surface area (Å²) < 4.78 is 6.19. The molecule has 0 saturated carbocycles. The molecule has 3 nitrogen and oxygen atoms in total. The van der Waals surface area contributed by atoms with Crippen LogP contribution in [0.4, 0.5) is 0 Å². The number of nitrogens with two attached hydrogens (primary N) is 1. The van der Waals surface area contributed by atoms with Crippen molar-refractivity contribution in [2.24, 2.45) is 5.73 Å². The molecule has 22 heavy (non-hydrogen) atoms. The quantitative estimate of drug-likeness (QED) is 0.610. The number of hydrogen-bond donors (Lipinski definition) is 1. The predicted molar refractivity (Wildman–Crippen MR) is 102 cm³/mol. The van der Waals surface area contributed by atoms with Crippen LogP contribution < -0.4 is 5.73 Å². The van der Waals surface area contributed by atoms with Crippen molar-refractivity contribution in [2.75, 3.05) is 40.3 Å². The first-order chi connectivity index (χ1) is 10.6. The van der Waals surface area contributed by atoms with E-state index in [4.69, 9.17) is 17.0 Å². The highest BCUT2D eigenvalue weighted by Gasteiger charge is 2.19. The molecule has 0 radical (unpaired) electrons. The molecular weight excluding hydrogens is 292 g/mol. The summed E-state index contributed by atoms with van der Waals surface area (Å²) in [6.45, 7) is 11.7. The van der Waals surface area contributed by atoms with Crippen molar-refractivity contribution in [2.45, 2.75) is 33.6 Å². The van der Waals surface area contributed by atoms with Crippen LogP contribution >= 0.6 is 12.2 Å². The standard InChI is InChI=1S/C11H24NOS.C6H6.CH5N/c1-5-12(6-2,7-3)10-8-9-11(14)13-4;1-2-4-6-5-3-1;1-2/h5-10H2,1-4H3;1-6H;2H2,1H3/q+1;;. The maximum Gasteiger partial charge on any atom is 0.159 e.